The zero-order valence-electron chi connectivity index (χ0n) is 12.2. The SMILES string of the molecule is CCNC(CCc1ccccc1)c1cc(C)ccc1Br. The molecule has 1 atom stereocenters. The largest absolute Gasteiger partial charge is 0.310 e. The van der Waals surface area contributed by atoms with Gasteiger partial charge in [0.25, 0.3) is 0 Å². The molecule has 106 valence electrons. The summed E-state index contributed by atoms with van der Waals surface area (Å²) in [5.74, 6) is 0. The van der Waals surface area contributed by atoms with Crippen molar-refractivity contribution in [3.8, 4) is 0 Å². The molecule has 2 aromatic carbocycles. The fourth-order valence-corrected chi connectivity index (χ4v) is 3.02. The third-order valence-corrected chi connectivity index (χ3v) is 4.26. The Morgan fingerprint density at radius 1 is 1.10 bits per heavy atom. The topological polar surface area (TPSA) is 12.0 Å². The predicted molar refractivity (Wildman–Crippen MR) is 90.1 cm³/mol. The third-order valence-electron chi connectivity index (χ3n) is 3.54. The smallest absolute Gasteiger partial charge is 0.0334 e. The van der Waals surface area contributed by atoms with Gasteiger partial charge in [-0.15, -0.1) is 0 Å². The maximum atomic E-state index is 3.69. The molecule has 2 rings (SSSR count). The van der Waals surface area contributed by atoms with Gasteiger partial charge in [-0.05, 0) is 43.5 Å². The summed E-state index contributed by atoms with van der Waals surface area (Å²) in [6.07, 6.45) is 2.21. The summed E-state index contributed by atoms with van der Waals surface area (Å²) in [6.45, 7) is 5.30. The summed E-state index contributed by atoms with van der Waals surface area (Å²) in [5, 5.41) is 3.61. The molecule has 0 fully saturated rings. The van der Waals surface area contributed by atoms with Crippen LogP contribution in [0.15, 0.2) is 53.0 Å². The second kappa shape index (κ2) is 7.61. The second-order valence-electron chi connectivity index (χ2n) is 5.16. The highest BCUT2D eigenvalue weighted by molar-refractivity contribution is 9.10. The molecule has 1 N–H and O–H groups in total. The van der Waals surface area contributed by atoms with Gasteiger partial charge >= 0.3 is 0 Å². The zero-order valence-corrected chi connectivity index (χ0v) is 13.8. The number of benzene rings is 2. The molecule has 0 aliphatic heterocycles. The average molecular weight is 332 g/mol. The molecule has 0 bridgehead atoms. The van der Waals surface area contributed by atoms with Crippen molar-refractivity contribution in [1.82, 2.24) is 5.32 Å². The summed E-state index contributed by atoms with van der Waals surface area (Å²) in [4.78, 5) is 0. The van der Waals surface area contributed by atoms with E-state index in [9.17, 15) is 0 Å². The first-order chi connectivity index (χ1) is 9.70. The standard InChI is InChI=1S/C18H22BrN/c1-3-20-18(12-10-15-7-5-4-6-8-15)16-13-14(2)9-11-17(16)19/h4-9,11,13,18,20H,3,10,12H2,1-2H3. The quantitative estimate of drug-likeness (QED) is 0.781. The van der Waals surface area contributed by atoms with Crippen LogP contribution in [0.5, 0.6) is 0 Å². The number of hydrogen-bond acceptors (Lipinski definition) is 1. The molecular weight excluding hydrogens is 310 g/mol. The van der Waals surface area contributed by atoms with Crippen LogP contribution in [-0.2, 0) is 6.42 Å². The lowest BCUT2D eigenvalue weighted by Gasteiger charge is -2.20. The first-order valence-corrected chi connectivity index (χ1v) is 8.03. The monoisotopic (exact) mass is 331 g/mol. The van der Waals surface area contributed by atoms with Crippen molar-refractivity contribution in [2.45, 2.75) is 32.7 Å². The van der Waals surface area contributed by atoms with E-state index in [-0.39, 0.29) is 0 Å². The van der Waals surface area contributed by atoms with Crippen molar-refractivity contribution in [1.29, 1.82) is 0 Å². The van der Waals surface area contributed by atoms with E-state index in [4.69, 9.17) is 0 Å². The van der Waals surface area contributed by atoms with Gasteiger partial charge in [-0.3, -0.25) is 0 Å². The van der Waals surface area contributed by atoms with E-state index < -0.39 is 0 Å². The van der Waals surface area contributed by atoms with E-state index in [0.29, 0.717) is 6.04 Å². The number of halogens is 1. The predicted octanol–water partition coefficient (Wildman–Crippen LogP) is 5.04. The minimum atomic E-state index is 0.398. The molecule has 2 heteroatoms. The highest BCUT2D eigenvalue weighted by Gasteiger charge is 2.13. The van der Waals surface area contributed by atoms with Gasteiger partial charge in [0, 0.05) is 10.5 Å². The van der Waals surface area contributed by atoms with Crippen LogP contribution in [-0.4, -0.2) is 6.54 Å². The minimum absolute atomic E-state index is 0.398. The third kappa shape index (κ3) is 4.19. The van der Waals surface area contributed by atoms with Crippen LogP contribution in [0.4, 0.5) is 0 Å². The molecule has 1 unspecified atom stereocenters. The molecule has 0 radical (unpaired) electrons. The van der Waals surface area contributed by atoms with Crippen LogP contribution in [0.25, 0.3) is 0 Å². The molecule has 2 aromatic rings. The number of aryl methyl sites for hydroxylation is 2. The Labute approximate surface area is 130 Å². The highest BCUT2D eigenvalue weighted by Crippen LogP contribution is 2.27. The van der Waals surface area contributed by atoms with Crippen LogP contribution in [0, 0.1) is 6.92 Å². The lowest BCUT2D eigenvalue weighted by Crippen LogP contribution is -2.22. The summed E-state index contributed by atoms with van der Waals surface area (Å²) in [6, 6.07) is 17.7. The Bertz CT molecular complexity index is 536. The minimum Gasteiger partial charge on any atom is -0.310 e. The normalized spacial score (nSPS) is 12.3. The number of hydrogen-bond donors (Lipinski definition) is 1. The summed E-state index contributed by atoms with van der Waals surface area (Å²) >= 11 is 3.69. The molecule has 0 amide bonds. The van der Waals surface area contributed by atoms with Gasteiger partial charge in [0.15, 0.2) is 0 Å². The first-order valence-electron chi connectivity index (χ1n) is 7.24. The van der Waals surface area contributed by atoms with Crippen molar-refractivity contribution < 1.29 is 0 Å². The van der Waals surface area contributed by atoms with Crippen LogP contribution in [0.3, 0.4) is 0 Å². The fourth-order valence-electron chi connectivity index (χ4n) is 2.50. The summed E-state index contributed by atoms with van der Waals surface area (Å²) < 4.78 is 1.20. The summed E-state index contributed by atoms with van der Waals surface area (Å²) in [7, 11) is 0. The Morgan fingerprint density at radius 3 is 2.55 bits per heavy atom. The number of rotatable bonds is 6. The van der Waals surface area contributed by atoms with Crippen LogP contribution >= 0.6 is 15.9 Å². The first kappa shape index (κ1) is 15.3. The van der Waals surface area contributed by atoms with Crippen molar-refractivity contribution in [2.75, 3.05) is 6.54 Å². The van der Waals surface area contributed by atoms with E-state index in [1.54, 1.807) is 0 Å². The molecule has 1 nitrogen and oxygen atoms in total. The van der Waals surface area contributed by atoms with Crippen LogP contribution < -0.4 is 5.32 Å². The van der Waals surface area contributed by atoms with Crippen LogP contribution in [0.2, 0.25) is 0 Å². The van der Waals surface area contributed by atoms with Crippen molar-refractivity contribution in [2.24, 2.45) is 0 Å². The van der Waals surface area contributed by atoms with Gasteiger partial charge in [0.05, 0.1) is 0 Å². The van der Waals surface area contributed by atoms with Gasteiger partial charge < -0.3 is 5.32 Å². The highest BCUT2D eigenvalue weighted by atomic mass is 79.9. The fraction of sp³-hybridized carbons (Fsp3) is 0.333. The van der Waals surface area contributed by atoms with Crippen molar-refractivity contribution in [3.05, 3.63) is 69.7 Å². The van der Waals surface area contributed by atoms with E-state index in [2.05, 4.69) is 83.6 Å². The number of nitrogens with one attached hydrogen (secondary N) is 1. The molecule has 0 aliphatic rings. The maximum absolute atomic E-state index is 3.69. The average Bonchev–Trinajstić information content (AvgIpc) is 2.47. The van der Waals surface area contributed by atoms with Gasteiger partial charge in [-0.1, -0.05) is 70.9 Å². The Balaban J connectivity index is 2.12. The second-order valence-corrected chi connectivity index (χ2v) is 6.01. The van der Waals surface area contributed by atoms with Crippen molar-refractivity contribution in [3.63, 3.8) is 0 Å². The zero-order chi connectivity index (χ0) is 14.4. The Kier molecular flexibility index (Phi) is 5.81. The van der Waals surface area contributed by atoms with Gasteiger partial charge in [0.1, 0.15) is 0 Å². The van der Waals surface area contributed by atoms with Gasteiger partial charge in [0.2, 0.25) is 0 Å². The van der Waals surface area contributed by atoms with E-state index in [1.807, 2.05) is 0 Å². The van der Waals surface area contributed by atoms with E-state index in [0.717, 1.165) is 19.4 Å². The Morgan fingerprint density at radius 2 is 1.85 bits per heavy atom. The van der Waals surface area contributed by atoms with Gasteiger partial charge in [-0.25, -0.2) is 0 Å². The molecule has 0 heterocycles. The molecule has 0 saturated heterocycles. The summed E-state index contributed by atoms with van der Waals surface area (Å²) in [5.41, 5.74) is 4.08. The molecule has 0 saturated carbocycles. The van der Waals surface area contributed by atoms with E-state index >= 15 is 0 Å². The van der Waals surface area contributed by atoms with Gasteiger partial charge in [-0.2, -0.15) is 0 Å². The molecular formula is C18H22BrN. The molecule has 0 aliphatic carbocycles. The lowest BCUT2D eigenvalue weighted by molar-refractivity contribution is 0.513. The molecule has 20 heavy (non-hydrogen) atoms. The van der Waals surface area contributed by atoms with Crippen LogP contribution in [0.1, 0.15) is 36.1 Å². The lowest BCUT2D eigenvalue weighted by atomic mass is 9.97. The van der Waals surface area contributed by atoms with Crippen molar-refractivity contribution >= 4 is 15.9 Å². The molecule has 0 aromatic heterocycles. The Hall–Kier alpha value is -1.12. The maximum Gasteiger partial charge on any atom is 0.0334 e. The molecule has 0 spiro atoms. The van der Waals surface area contributed by atoms with E-state index in [1.165, 1.54) is 21.2 Å².